The van der Waals surface area contributed by atoms with Crippen molar-refractivity contribution >= 4 is 12.2 Å². The zero-order valence-corrected chi connectivity index (χ0v) is 8.12. The van der Waals surface area contributed by atoms with Gasteiger partial charge in [0, 0.05) is 5.10 Å². The zero-order valence-electron chi connectivity index (χ0n) is 8.12. The number of nitro groups is 1. The van der Waals surface area contributed by atoms with Gasteiger partial charge >= 0.3 is 5.96 Å². The molecule has 84 valence electrons. The molecular weight excluding hydrogens is 214 g/mol. The van der Waals surface area contributed by atoms with Crippen LogP contribution in [-0.2, 0) is 0 Å². The van der Waals surface area contributed by atoms with Gasteiger partial charge in [0.1, 0.15) is 5.75 Å². The maximum Gasteiger partial charge on any atom is 0.319 e. The largest absolute Gasteiger partial charge is 0.507 e. The van der Waals surface area contributed by atoms with Crippen molar-refractivity contribution in [2.75, 3.05) is 0 Å². The molecule has 0 saturated heterocycles. The second-order valence-corrected chi connectivity index (χ2v) is 2.70. The number of hydrogen-bond donors (Lipinski definition) is 4. The van der Waals surface area contributed by atoms with Crippen LogP contribution in [0.5, 0.6) is 5.75 Å². The van der Waals surface area contributed by atoms with Gasteiger partial charge in [0.2, 0.25) is 6.21 Å². The number of phenolic OH excluding ortho intramolecular Hbond substituents is 1. The molecule has 1 aromatic carbocycles. The summed E-state index contributed by atoms with van der Waals surface area (Å²) in [6.45, 7) is 0. The Bertz CT molecular complexity index is 443. The van der Waals surface area contributed by atoms with Gasteiger partial charge in [0.25, 0.3) is 0 Å². The maximum atomic E-state index is 9.95. The number of guanidine groups is 1. The van der Waals surface area contributed by atoms with Crippen LogP contribution in [0.3, 0.4) is 0 Å². The Balaban J connectivity index is 2.68. The lowest BCUT2D eigenvalue weighted by Gasteiger charge is -1.92. The number of rotatable bonds is 3. The minimum atomic E-state index is -0.833. The fourth-order valence-electron chi connectivity index (χ4n) is 0.899. The van der Waals surface area contributed by atoms with Crippen molar-refractivity contribution < 1.29 is 15.2 Å². The Morgan fingerprint density at radius 3 is 2.94 bits per heavy atom. The van der Waals surface area contributed by atoms with Crippen LogP contribution in [0, 0.1) is 10.1 Å². The van der Waals surface area contributed by atoms with Gasteiger partial charge in [-0.3, -0.25) is 0 Å². The fourth-order valence-corrected chi connectivity index (χ4v) is 0.899. The number of para-hydroxylation sites is 1. The molecule has 0 aliphatic rings. The van der Waals surface area contributed by atoms with E-state index in [9.17, 15) is 15.2 Å². The second-order valence-electron chi connectivity index (χ2n) is 2.70. The molecule has 8 nitrogen and oxygen atoms in total. The van der Waals surface area contributed by atoms with E-state index in [0.29, 0.717) is 5.56 Å². The predicted molar refractivity (Wildman–Crippen MR) is 56.0 cm³/mol. The highest BCUT2D eigenvalue weighted by atomic mass is 16.7. The van der Waals surface area contributed by atoms with Crippen molar-refractivity contribution in [2.45, 2.75) is 0 Å². The van der Waals surface area contributed by atoms with E-state index in [1.165, 1.54) is 12.3 Å². The number of hydrazone groups is 1. The van der Waals surface area contributed by atoms with Crippen molar-refractivity contribution in [2.24, 2.45) is 10.8 Å². The molecule has 0 fully saturated rings. The first-order chi connectivity index (χ1) is 7.59. The van der Waals surface area contributed by atoms with E-state index in [4.69, 9.17) is 5.73 Å². The molecule has 0 heterocycles. The van der Waals surface area contributed by atoms with E-state index in [2.05, 4.69) is 10.2 Å². The van der Waals surface area contributed by atoms with Gasteiger partial charge in [-0.15, -0.1) is 5.10 Å². The highest BCUT2D eigenvalue weighted by Gasteiger charge is 2.01. The summed E-state index contributed by atoms with van der Waals surface area (Å²) in [4.78, 5) is 9.95. The quantitative estimate of drug-likeness (QED) is 0.202. The molecule has 5 N–H and O–H groups in total. The molecule has 0 amide bonds. The van der Waals surface area contributed by atoms with E-state index in [-0.39, 0.29) is 5.75 Å². The van der Waals surface area contributed by atoms with Crippen molar-refractivity contribution in [1.82, 2.24) is 5.43 Å². The first-order valence-corrected chi connectivity index (χ1v) is 4.20. The van der Waals surface area contributed by atoms with Gasteiger partial charge in [-0.05, 0) is 12.1 Å². The van der Waals surface area contributed by atoms with Crippen LogP contribution in [0.15, 0.2) is 29.4 Å². The second kappa shape index (κ2) is 5.29. The van der Waals surface area contributed by atoms with Gasteiger partial charge in [0.05, 0.1) is 5.56 Å². The molecule has 0 bridgehead atoms. The van der Waals surface area contributed by atoms with E-state index in [1.54, 1.807) is 23.6 Å². The number of aromatic hydroxyl groups is 1. The normalized spacial score (nSPS) is 11.6. The first kappa shape index (κ1) is 11.4. The Morgan fingerprint density at radius 1 is 1.62 bits per heavy atom. The molecule has 0 saturated carbocycles. The standard InChI is InChI=1S/C8H9N5O3/c9-8(12-13(15)16)11-10-5-6-3-1-2-4-7(6)14/h1-5,14H,(H3,9,11,12)/p+1/b10-5+. The number of benzene rings is 1. The minimum absolute atomic E-state index is 0.0611. The Kier molecular flexibility index (Phi) is 3.78. The number of nitrogens with one attached hydrogen (secondary N) is 2. The number of hydrazine groups is 1. The van der Waals surface area contributed by atoms with Gasteiger partial charge in [-0.2, -0.15) is 0 Å². The SMILES string of the molecule is NC(=N/[NH+]=C/c1ccccc1O)N[N+](=O)[O-]. The smallest absolute Gasteiger partial charge is 0.319 e. The van der Waals surface area contributed by atoms with E-state index in [1.807, 2.05) is 0 Å². The summed E-state index contributed by atoms with van der Waals surface area (Å²) in [6.07, 6.45) is 1.35. The molecule has 0 aliphatic carbocycles. The van der Waals surface area contributed by atoms with Gasteiger partial charge in [0.15, 0.2) is 5.03 Å². The predicted octanol–water partition coefficient (Wildman–Crippen LogP) is -2.10. The van der Waals surface area contributed by atoms with E-state index < -0.39 is 11.0 Å². The van der Waals surface area contributed by atoms with Crippen molar-refractivity contribution in [3.63, 3.8) is 0 Å². The summed E-state index contributed by atoms with van der Waals surface area (Å²) in [6, 6.07) is 6.51. The Hall–Kier alpha value is -2.64. The average Bonchev–Trinajstić information content (AvgIpc) is 2.19. The number of hydrogen-bond acceptors (Lipinski definition) is 4. The van der Waals surface area contributed by atoms with Gasteiger partial charge < -0.3 is 10.8 Å². The van der Waals surface area contributed by atoms with Crippen LogP contribution in [-0.4, -0.2) is 22.3 Å². The molecule has 0 atom stereocenters. The van der Waals surface area contributed by atoms with Crippen LogP contribution in [0.4, 0.5) is 0 Å². The molecule has 16 heavy (non-hydrogen) atoms. The number of phenols is 1. The maximum absolute atomic E-state index is 9.95. The third kappa shape index (κ3) is 3.62. The van der Waals surface area contributed by atoms with Crippen molar-refractivity contribution in [1.29, 1.82) is 0 Å². The Morgan fingerprint density at radius 2 is 2.31 bits per heavy atom. The van der Waals surface area contributed by atoms with E-state index >= 15 is 0 Å². The van der Waals surface area contributed by atoms with Crippen LogP contribution >= 0.6 is 0 Å². The summed E-state index contributed by atoms with van der Waals surface area (Å²) in [5.41, 5.74) is 7.26. The summed E-state index contributed by atoms with van der Waals surface area (Å²) >= 11 is 0. The van der Waals surface area contributed by atoms with Crippen molar-refractivity contribution in [3.05, 3.63) is 39.9 Å². The van der Waals surface area contributed by atoms with Crippen LogP contribution in [0.1, 0.15) is 5.56 Å². The minimum Gasteiger partial charge on any atom is -0.507 e. The lowest BCUT2D eigenvalue weighted by molar-refractivity contribution is -0.528. The van der Waals surface area contributed by atoms with Crippen LogP contribution in [0.25, 0.3) is 0 Å². The lowest BCUT2D eigenvalue weighted by atomic mass is 10.2. The monoisotopic (exact) mass is 224 g/mol. The number of nitrogens with two attached hydrogens (primary N) is 1. The highest BCUT2D eigenvalue weighted by molar-refractivity contribution is 5.79. The summed E-state index contributed by atoms with van der Waals surface area (Å²) < 4.78 is 0. The zero-order chi connectivity index (χ0) is 12.0. The topological polar surface area (TPSA) is 128 Å². The molecule has 1 aromatic rings. The molecule has 0 aromatic heterocycles. The first-order valence-electron chi connectivity index (χ1n) is 4.20. The average molecular weight is 224 g/mol. The number of nitrogens with zero attached hydrogens (tertiary/aromatic N) is 2. The third-order valence-electron chi connectivity index (χ3n) is 1.55. The molecule has 0 spiro atoms. The lowest BCUT2D eigenvalue weighted by Crippen LogP contribution is -2.64. The molecular formula is C8H10N5O3+. The van der Waals surface area contributed by atoms with Crippen LogP contribution < -0.4 is 16.3 Å². The summed E-state index contributed by atoms with van der Waals surface area (Å²) in [5.74, 6) is -0.331. The van der Waals surface area contributed by atoms with Crippen LogP contribution in [0.2, 0.25) is 0 Å². The molecule has 0 aliphatic heterocycles. The summed E-state index contributed by atoms with van der Waals surface area (Å²) in [5, 5.41) is 24.3. The highest BCUT2D eigenvalue weighted by Crippen LogP contribution is 2.11. The molecule has 8 heteroatoms. The molecule has 1 rings (SSSR count). The molecule has 0 unspecified atom stereocenters. The molecule has 0 radical (unpaired) electrons. The van der Waals surface area contributed by atoms with E-state index in [0.717, 1.165) is 0 Å². The van der Waals surface area contributed by atoms with Gasteiger partial charge in [-0.25, -0.2) is 10.1 Å². The van der Waals surface area contributed by atoms with Crippen molar-refractivity contribution in [3.8, 4) is 5.75 Å². The fraction of sp³-hybridized carbons (Fsp3) is 0. The summed E-state index contributed by atoms with van der Waals surface area (Å²) in [7, 11) is 0. The third-order valence-corrected chi connectivity index (χ3v) is 1.55. The van der Waals surface area contributed by atoms with Gasteiger partial charge in [-0.1, -0.05) is 17.6 Å². The Labute approximate surface area is 90.2 Å².